The van der Waals surface area contributed by atoms with E-state index >= 15 is 0 Å². The number of hydrogen-bond acceptors (Lipinski definition) is 3. The second kappa shape index (κ2) is 8.68. The van der Waals surface area contributed by atoms with Gasteiger partial charge >= 0.3 is 0 Å². The zero-order valence-corrected chi connectivity index (χ0v) is 18.3. The van der Waals surface area contributed by atoms with E-state index in [2.05, 4.69) is 42.0 Å². The maximum absolute atomic E-state index is 13.0. The molecule has 0 N–H and O–H groups in total. The van der Waals surface area contributed by atoms with Crippen LogP contribution in [-0.4, -0.2) is 23.0 Å². The van der Waals surface area contributed by atoms with Crippen LogP contribution in [0.4, 0.5) is 0 Å². The number of nitrogens with zero attached hydrogens (tertiary/aromatic N) is 3. The number of amides is 1. The number of benzene rings is 3. The van der Waals surface area contributed by atoms with E-state index in [1.807, 2.05) is 78.9 Å². The topological polar surface area (TPSA) is 45.0 Å². The Morgan fingerprint density at radius 1 is 0.793 bits per heavy atom. The van der Waals surface area contributed by atoms with Gasteiger partial charge in [0, 0.05) is 14.5 Å². The van der Waals surface area contributed by atoms with Crippen LogP contribution in [0.5, 0.6) is 0 Å². The predicted molar refractivity (Wildman–Crippen MR) is 124 cm³/mol. The third kappa shape index (κ3) is 4.60. The van der Waals surface area contributed by atoms with Crippen LogP contribution in [0.3, 0.4) is 0 Å². The summed E-state index contributed by atoms with van der Waals surface area (Å²) in [5.74, 6) is 0.243. The Morgan fingerprint density at radius 3 is 2.00 bits per heavy atom. The summed E-state index contributed by atoms with van der Waals surface area (Å²) >= 11 is 6.84. The minimum absolute atomic E-state index is 0.264. The lowest BCUT2D eigenvalue weighted by molar-refractivity contribution is -0.122. The molecule has 4 nitrogen and oxygen atoms in total. The van der Waals surface area contributed by atoms with E-state index < -0.39 is 0 Å². The van der Waals surface area contributed by atoms with Crippen molar-refractivity contribution in [2.45, 2.75) is 0 Å². The van der Waals surface area contributed by atoms with Gasteiger partial charge < -0.3 is 0 Å². The minimum atomic E-state index is -0.264. The fourth-order valence-electron chi connectivity index (χ4n) is 2.78. The van der Waals surface area contributed by atoms with Crippen molar-refractivity contribution in [3.05, 3.63) is 110 Å². The molecule has 0 atom stereocenters. The normalized spacial score (nSPS) is 15.4. The molecule has 0 fully saturated rings. The van der Waals surface area contributed by atoms with Crippen LogP contribution in [0, 0.1) is 0 Å². The molecule has 0 radical (unpaired) electrons. The van der Waals surface area contributed by atoms with E-state index in [9.17, 15) is 4.79 Å². The molecular formula is C23H15Br2N3O. The first-order valence-corrected chi connectivity index (χ1v) is 10.4. The summed E-state index contributed by atoms with van der Waals surface area (Å²) in [6, 6.07) is 25.0. The van der Waals surface area contributed by atoms with Crippen LogP contribution < -0.4 is 0 Å². The van der Waals surface area contributed by atoms with Crippen molar-refractivity contribution in [1.29, 1.82) is 0 Å². The Hall–Kier alpha value is -2.83. The van der Waals surface area contributed by atoms with E-state index in [0.717, 1.165) is 25.6 Å². The average Bonchev–Trinajstić information content (AvgIpc) is 3.05. The fourth-order valence-corrected chi connectivity index (χ4v) is 3.31. The van der Waals surface area contributed by atoms with Gasteiger partial charge in [-0.1, -0.05) is 86.5 Å². The van der Waals surface area contributed by atoms with Gasteiger partial charge in [-0.3, -0.25) is 4.79 Å². The zero-order chi connectivity index (χ0) is 20.2. The number of aliphatic imine (C=N–C) groups is 1. The second-order valence-corrected chi connectivity index (χ2v) is 8.13. The zero-order valence-electron chi connectivity index (χ0n) is 15.2. The van der Waals surface area contributed by atoms with Crippen LogP contribution in [0.25, 0.3) is 6.08 Å². The van der Waals surface area contributed by atoms with Gasteiger partial charge in [0.2, 0.25) is 0 Å². The summed E-state index contributed by atoms with van der Waals surface area (Å²) < 4.78 is 1.96. The molecular weight excluding hydrogens is 494 g/mol. The van der Waals surface area contributed by atoms with E-state index in [-0.39, 0.29) is 5.91 Å². The third-order valence-electron chi connectivity index (χ3n) is 4.24. The molecule has 1 aliphatic rings. The summed E-state index contributed by atoms with van der Waals surface area (Å²) in [6.07, 6.45) is 3.43. The van der Waals surface area contributed by atoms with Crippen LogP contribution in [0.2, 0.25) is 0 Å². The molecule has 3 aromatic carbocycles. The molecule has 142 valence electrons. The summed E-state index contributed by atoms with van der Waals surface area (Å²) in [6.45, 7) is 0. The Bertz CT molecular complexity index is 1120. The van der Waals surface area contributed by atoms with E-state index in [1.165, 1.54) is 5.01 Å². The first-order chi connectivity index (χ1) is 14.1. The van der Waals surface area contributed by atoms with Crippen LogP contribution in [-0.2, 0) is 4.79 Å². The molecule has 1 aliphatic heterocycles. The highest BCUT2D eigenvalue weighted by Gasteiger charge is 2.31. The van der Waals surface area contributed by atoms with E-state index in [1.54, 1.807) is 12.3 Å². The average molecular weight is 509 g/mol. The number of carbonyl (C=O) groups excluding carboxylic acids is 1. The van der Waals surface area contributed by atoms with Gasteiger partial charge in [-0.2, -0.15) is 10.1 Å². The molecule has 0 unspecified atom stereocenters. The highest BCUT2D eigenvalue weighted by Crippen LogP contribution is 2.23. The molecule has 0 bridgehead atoms. The number of amidine groups is 1. The standard InChI is InChI=1S/C23H15Br2N3O/c24-19-10-6-16(7-11-19)14-21-23(29)28(22(27-21)18-4-2-1-3-5-18)26-15-17-8-12-20(25)13-9-17/h1-15H/b21-14-,26-15+. The fraction of sp³-hybridized carbons (Fsp3) is 0. The van der Waals surface area contributed by atoms with E-state index in [0.29, 0.717) is 11.5 Å². The van der Waals surface area contributed by atoms with Gasteiger partial charge in [-0.25, -0.2) is 4.99 Å². The highest BCUT2D eigenvalue weighted by atomic mass is 79.9. The van der Waals surface area contributed by atoms with Crippen molar-refractivity contribution in [3.63, 3.8) is 0 Å². The molecule has 0 saturated heterocycles. The third-order valence-corrected chi connectivity index (χ3v) is 5.29. The largest absolute Gasteiger partial charge is 0.298 e. The second-order valence-electron chi connectivity index (χ2n) is 6.30. The Balaban J connectivity index is 1.71. The summed E-state index contributed by atoms with van der Waals surface area (Å²) in [5, 5.41) is 5.78. The van der Waals surface area contributed by atoms with Gasteiger partial charge in [-0.15, -0.1) is 0 Å². The Labute approximate surface area is 185 Å². The molecule has 4 rings (SSSR count). The number of hydrogen-bond donors (Lipinski definition) is 0. The highest BCUT2D eigenvalue weighted by molar-refractivity contribution is 9.10. The molecule has 29 heavy (non-hydrogen) atoms. The lowest BCUT2D eigenvalue weighted by atomic mass is 10.2. The number of rotatable bonds is 4. The molecule has 6 heteroatoms. The van der Waals surface area contributed by atoms with Crippen molar-refractivity contribution in [3.8, 4) is 0 Å². The van der Waals surface area contributed by atoms with Crippen molar-refractivity contribution in [1.82, 2.24) is 5.01 Å². The molecule has 0 spiro atoms. The van der Waals surface area contributed by atoms with Gasteiger partial charge in [0.15, 0.2) is 5.84 Å². The molecule has 1 amide bonds. The first kappa shape index (κ1) is 19.5. The molecule has 0 aliphatic carbocycles. The lowest BCUT2D eigenvalue weighted by Crippen LogP contribution is -2.27. The molecule has 0 saturated carbocycles. The van der Waals surface area contributed by atoms with Crippen molar-refractivity contribution in [2.24, 2.45) is 10.1 Å². The molecule has 1 heterocycles. The van der Waals surface area contributed by atoms with Gasteiger partial charge in [0.1, 0.15) is 5.70 Å². The number of carbonyl (C=O) groups is 1. The SMILES string of the molecule is O=C1/C(=C/c2ccc(Br)cc2)N=C(c2ccccc2)N1/N=C/c1ccc(Br)cc1. The molecule has 3 aromatic rings. The summed E-state index contributed by atoms with van der Waals surface area (Å²) in [4.78, 5) is 17.6. The number of hydrazone groups is 1. The number of halogens is 2. The van der Waals surface area contributed by atoms with Crippen molar-refractivity contribution < 1.29 is 4.79 Å². The smallest absolute Gasteiger partial charge is 0.265 e. The summed E-state index contributed by atoms with van der Waals surface area (Å²) in [7, 11) is 0. The maximum atomic E-state index is 13.0. The summed E-state index contributed by atoms with van der Waals surface area (Å²) in [5.41, 5.74) is 2.96. The van der Waals surface area contributed by atoms with Crippen LogP contribution in [0.15, 0.2) is 104 Å². The van der Waals surface area contributed by atoms with Crippen molar-refractivity contribution in [2.75, 3.05) is 0 Å². The maximum Gasteiger partial charge on any atom is 0.298 e. The van der Waals surface area contributed by atoms with Gasteiger partial charge in [0.25, 0.3) is 5.91 Å². The molecule has 0 aromatic heterocycles. The lowest BCUT2D eigenvalue weighted by Gasteiger charge is -2.11. The first-order valence-electron chi connectivity index (χ1n) is 8.85. The van der Waals surface area contributed by atoms with Crippen LogP contribution >= 0.6 is 31.9 Å². The Kier molecular flexibility index (Phi) is 5.83. The van der Waals surface area contributed by atoms with Gasteiger partial charge in [-0.05, 0) is 41.5 Å². The van der Waals surface area contributed by atoms with Crippen LogP contribution in [0.1, 0.15) is 16.7 Å². The van der Waals surface area contributed by atoms with Crippen molar-refractivity contribution >= 4 is 55.9 Å². The Morgan fingerprint density at radius 2 is 1.38 bits per heavy atom. The predicted octanol–water partition coefficient (Wildman–Crippen LogP) is 5.88. The van der Waals surface area contributed by atoms with Gasteiger partial charge in [0.05, 0.1) is 6.21 Å². The minimum Gasteiger partial charge on any atom is -0.265 e. The van der Waals surface area contributed by atoms with E-state index in [4.69, 9.17) is 0 Å². The quantitative estimate of drug-likeness (QED) is 0.321. The monoisotopic (exact) mass is 507 g/mol.